The predicted molar refractivity (Wildman–Crippen MR) is 108 cm³/mol. The summed E-state index contributed by atoms with van der Waals surface area (Å²) in [6.45, 7) is 9.18. The number of para-hydroxylation sites is 1. The molecule has 2 N–H and O–H groups in total. The van der Waals surface area contributed by atoms with Crippen molar-refractivity contribution in [1.82, 2.24) is 20.7 Å². The summed E-state index contributed by atoms with van der Waals surface area (Å²) in [6, 6.07) is 7.83. The summed E-state index contributed by atoms with van der Waals surface area (Å²) in [5, 5.41) is 0.640. The first kappa shape index (κ1) is 20.4. The zero-order valence-corrected chi connectivity index (χ0v) is 17.0. The van der Waals surface area contributed by atoms with Crippen LogP contribution in [-0.4, -0.2) is 67.1 Å². The van der Waals surface area contributed by atoms with E-state index in [1.807, 2.05) is 29.2 Å². The highest BCUT2D eigenvalue weighted by Crippen LogP contribution is 2.23. The van der Waals surface area contributed by atoms with Gasteiger partial charge in [-0.1, -0.05) is 37.6 Å². The van der Waals surface area contributed by atoms with Crippen molar-refractivity contribution in [3.63, 3.8) is 0 Å². The Bertz CT molecular complexity index is 620. The number of benzene rings is 1. The van der Waals surface area contributed by atoms with E-state index in [4.69, 9.17) is 16.3 Å². The van der Waals surface area contributed by atoms with Gasteiger partial charge in [0.1, 0.15) is 18.4 Å². The molecule has 0 saturated carbocycles. The summed E-state index contributed by atoms with van der Waals surface area (Å²) < 4.78 is 5.77. The van der Waals surface area contributed by atoms with E-state index in [2.05, 4.69) is 29.6 Å². The van der Waals surface area contributed by atoms with Crippen LogP contribution >= 0.6 is 11.6 Å². The second-order valence-corrected chi connectivity index (χ2v) is 8.26. The third kappa shape index (κ3) is 5.82. The summed E-state index contributed by atoms with van der Waals surface area (Å²) in [4.78, 5) is 17.1. The number of carbonyl (C=O) groups excluding carboxylic acids is 1. The van der Waals surface area contributed by atoms with Gasteiger partial charge in [-0.15, -0.1) is 0 Å². The maximum absolute atomic E-state index is 12.7. The normalized spacial score (nSPS) is 23.8. The smallest absolute Gasteiger partial charge is 0.241 e. The number of hydrogen-bond acceptors (Lipinski definition) is 5. The lowest BCUT2D eigenvalue weighted by atomic mass is 9.99. The van der Waals surface area contributed by atoms with Gasteiger partial charge in [-0.05, 0) is 30.9 Å². The first-order valence-electron chi connectivity index (χ1n) is 9.92. The molecule has 1 aromatic rings. The quantitative estimate of drug-likeness (QED) is 0.742. The summed E-state index contributed by atoms with van der Waals surface area (Å²) in [5.41, 5.74) is 6.47. The Hall–Kier alpha value is -1.34. The fourth-order valence-electron chi connectivity index (χ4n) is 3.77. The zero-order valence-electron chi connectivity index (χ0n) is 16.3. The van der Waals surface area contributed by atoms with Crippen LogP contribution < -0.4 is 15.6 Å². The molecule has 150 valence electrons. The predicted octanol–water partition coefficient (Wildman–Crippen LogP) is 2.14. The number of amides is 1. The van der Waals surface area contributed by atoms with E-state index in [-0.39, 0.29) is 11.9 Å². The molecular formula is C20H31ClN4O2. The average Bonchev–Trinajstić information content (AvgIpc) is 3.11. The van der Waals surface area contributed by atoms with Gasteiger partial charge in [0.25, 0.3) is 0 Å². The molecule has 0 bridgehead atoms. The molecule has 1 amide bonds. The van der Waals surface area contributed by atoms with E-state index < -0.39 is 0 Å². The van der Waals surface area contributed by atoms with Gasteiger partial charge in [0, 0.05) is 38.8 Å². The molecule has 0 aliphatic carbocycles. The van der Waals surface area contributed by atoms with Crippen molar-refractivity contribution in [1.29, 1.82) is 0 Å². The number of rotatable bonds is 7. The Morgan fingerprint density at radius 1 is 1.22 bits per heavy atom. The van der Waals surface area contributed by atoms with Gasteiger partial charge >= 0.3 is 0 Å². The lowest BCUT2D eigenvalue weighted by molar-refractivity contribution is -0.135. The topological polar surface area (TPSA) is 56.8 Å². The minimum atomic E-state index is -0.0937. The average molecular weight is 395 g/mol. The SMILES string of the molecule is CC(C)CC1CC(C(=O)N2CCN(CCOc3ccccc3Cl)CC2)NN1. The van der Waals surface area contributed by atoms with Gasteiger partial charge in [0.2, 0.25) is 5.91 Å². The third-order valence-electron chi connectivity index (χ3n) is 5.22. The summed E-state index contributed by atoms with van der Waals surface area (Å²) in [6.07, 6.45) is 1.97. The van der Waals surface area contributed by atoms with Crippen LogP contribution in [0.4, 0.5) is 0 Å². The van der Waals surface area contributed by atoms with Gasteiger partial charge in [-0.2, -0.15) is 0 Å². The van der Waals surface area contributed by atoms with Gasteiger partial charge < -0.3 is 9.64 Å². The Kier molecular flexibility index (Phi) is 7.35. The number of nitrogens with zero attached hydrogens (tertiary/aromatic N) is 2. The maximum atomic E-state index is 12.7. The molecule has 2 aliphatic rings. The first-order chi connectivity index (χ1) is 13.0. The zero-order chi connectivity index (χ0) is 19.2. The molecule has 0 spiro atoms. The second kappa shape index (κ2) is 9.73. The fourth-order valence-corrected chi connectivity index (χ4v) is 3.96. The molecule has 3 rings (SSSR count). The van der Waals surface area contributed by atoms with Crippen molar-refractivity contribution >= 4 is 17.5 Å². The molecule has 2 fully saturated rings. The van der Waals surface area contributed by atoms with Gasteiger partial charge in [0.05, 0.1) is 5.02 Å². The Morgan fingerprint density at radius 2 is 1.96 bits per heavy atom. The third-order valence-corrected chi connectivity index (χ3v) is 5.53. The molecule has 27 heavy (non-hydrogen) atoms. The highest BCUT2D eigenvalue weighted by atomic mass is 35.5. The van der Waals surface area contributed by atoms with E-state index in [0.717, 1.165) is 51.3 Å². The van der Waals surface area contributed by atoms with E-state index >= 15 is 0 Å². The van der Waals surface area contributed by atoms with E-state index in [1.54, 1.807) is 0 Å². The van der Waals surface area contributed by atoms with Crippen LogP contribution in [0.25, 0.3) is 0 Å². The summed E-state index contributed by atoms with van der Waals surface area (Å²) >= 11 is 6.11. The number of hydrogen-bond donors (Lipinski definition) is 2. The van der Waals surface area contributed by atoms with E-state index in [9.17, 15) is 4.79 Å². The fraction of sp³-hybridized carbons (Fsp3) is 0.650. The molecule has 2 aliphatic heterocycles. The molecule has 2 saturated heterocycles. The number of ether oxygens (including phenoxy) is 1. The minimum Gasteiger partial charge on any atom is -0.491 e. The van der Waals surface area contributed by atoms with Crippen molar-refractivity contribution in [2.45, 2.75) is 38.8 Å². The van der Waals surface area contributed by atoms with Crippen molar-refractivity contribution in [2.24, 2.45) is 5.92 Å². The van der Waals surface area contributed by atoms with Crippen LogP contribution in [0.5, 0.6) is 5.75 Å². The lowest BCUT2D eigenvalue weighted by Gasteiger charge is -2.35. The van der Waals surface area contributed by atoms with Gasteiger partial charge in [0.15, 0.2) is 0 Å². The van der Waals surface area contributed by atoms with E-state index in [1.165, 1.54) is 0 Å². The molecule has 2 unspecified atom stereocenters. The number of halogens is 1. The Morgan fingerprint density at radius 3 is 2.67 bits per heavy atom. The molecule has 6 nitrogen and oxygen atoms in total. The van der Waals surface area contributed by atoms with Crippen LogP contribution in [0.15, 0.2) is 24.3 Å². The molecular weight excluding hydrogens is 364 g/mol. The van der Waals surface area contributed by atoms with Crippen LogP contribution in [-0.2, 0) is 4.79 Å². The molecule has 2 heterocycles. The maximum Gasteiger partial charge on any atom is 0.241 e. The Labute approximate surface area is 167 Å². The first-order valence-corrected chi connectivity index (χ1v) is 10.3. The summed E-state index contributed by atoms with van der Waals surface area (Å²) in [7, 11) is 0. The van der Waals surface area contributed by atoms with Gasteiger partial charge in [-0.3, -0.25) is 15.1 Å². The monoisotopic (exact) mass is 394 g/mol. The minimum absolute atomic E-state index is 0.0937. The van der Waals surface area contributed by atoms with Crippen molar-refractivity contribution in [2.75, 3.05) is 39.3 Å². The lowest BCUT2D eigenvalue weighted by Crippen LogP contribution is -2.54. The van der Waals surface area contributed by atoms with Crippen LogP contribution in [0.3, 0.4) is 0 Å². The summed E-state index contributed by atoms with van der Waals surface area (Å²) in [5.74, 6) is 1.58. The molecule has 7 heteroatoms. The van der Waals surface area contributed by atoms with Crippen LogP contribution in [0.2, 0.25) is 5.02 Å². The Balaban J connectivity index is 1.36. The molecule has 2 atom stereocenters. The van der Waals surface area contributed by atoms with Crippen molar-refractivity contribution in [3.8, 4) is 5.75 Å². The number of hydrazine groups is 1. The molecule has 0 aromatic heterocycles. The van der Waals surface area contributed by atoms with E-state index in [0.29, 0.717) is 23.6 Å². The van der Waals surface area contributed by atoms with Crippen molar-refractivity contribution < 1.29 is 9.53 Å². The largest absolute Gasteiger partial charge is 0.491 e. The number of carbonyl (C=O) groups is 1. The van der Waals surface area contributed by atoms with Gasteiger partial charge in [-0.25, -0.2) is 5.43 Å². The number of nitrogens with one attached hydrogen (secondary N) is 2. The number of piperazine rings is 1. The van der Waals surface area contributed by atoms with Crippen molar-refractivity contribution in [3.05, 3.63) is 29.3 Å². The standard InChI is InChI=1S/C20H31ClN4O2/c1-15(2)13-16-14-18(23-22-16)20(26)25-9-7-24(8-10-25)11-12-27-19-6-4-3-5-17(19)21/h3-6,15-16,18,22-23H,7-14H2,1-2H3. The second-order valence-electron chi connectivity index (χ2n) is 7.85. The van der Waals surface area contributed by atoms with Crippen LogP contribution in [0.1, 0.15) is 26.7 Å². The highest BCUT2D eigenvalue weighted by molar-refractivity contribution is 6.32. The molecule has 1 aromatic carbocycles. The van der Waals surface area contributed by atoms with Crippen LogP contribution in [0, 0.1) is 5.92 Å². The highest BCUT2D eigenvalue weighted by Gasteiger charge is 2.33. The molecule has 0 radical (unpaired) electrons.